The number of hydrazine groups is 1. The van der Waals surface area contributed by atoms with Gasteiger partial charge in [0.05, 0.1) is 6.61 Å². The van der Waals surface area contributed by atoms with Gasteiger partial charge in [0.15, 0.2) is 0 Å². The van der Waals surface area contributed by atoms with Gasteiger partial charge >= 0.3 is 14.8 Å². The van der Waals surface area contributed by atoms with E-state index < -0.39 is 14.6 Å². The molecular weight excluding hydrogens is 426 g/mol. The number of amidine groups is 2. The third-order valence-corrected chi connectivity index (χ3v) is 8.74. The lowest BCUT2D eigenvalue weighted by Crippen LogP contribution is -2.63. The molecule has 0 radical (unpaired) electrons. The van der Waals surface area contributed by atoms with Crippen LogP contribution in [0, 0.1) is 5.92 Å². The molecule has 2 unspecified atom stereocenters. The molecule has 1 rings (SSSR count). The summed E-state index contributed by atoms with van der Waals surface area (Å²) in [6.45, 7) is 14.3. The monoisotopic (exact) mass is 473 g/mol. The molecule has 1 aliphatic rings. The lowest BCUT2D eigenvalue weighted by atomic mass is 9.92. The molecular formula is C22H47N5O4Si. The minimum absolute atomic E-state index is 0.306. The quantitative estimate of drug-likeness (QED) is 0.242. The van der Waals surface area contributed by atoms with Crippen molar-refractivity contribution in [3.05, 3.63) is 0 Å². The average molecular weight is 474 g/mol. The average Bonchev–Trinajstić information content (AvgIpc) is 2.75. The molecule has 2 atom stereocenters. The SMILES string of the molecule is CCCCC(CC)CC1(N)N=C(OCC)N=C(CCC[Si](OCC)(OCC)OCC)N1N. The van der Waals surface area contributed by atoms with E-state index in [1.54, 1.807) is 0 Å². The fourth-order valence-corrected chi connectivity index (χ4v) is 6.59. The molecule has 4 N–H and O–H groups in total. The van der Waals surface area contributed by atoms with Crippen LogP contribution in [0.4, 0.5) is 0 Å². The molecule has 0 saturated heterocycles. The Morgan fingerprint density at radius 2 is 1.59 bits per heavy atom. The number of rotatable bonds is 17. The molecule has 9 nitrogen and oxygen atoms in total. The summed E-state index contributed by atoms with van der Waals surface area (Å²) in [6, 6.07) is 0.988. The van der Waals surface area contributed by atoms with Crippen molar-refractivity contribution in [1.29, 1.82) is 0 Å². The maximum Gasteiger partial charge on any atom is 0.500 e. The summed E-state index contributed by atoms with van der Waals surface area (Å²) in [6.07, 6.45) is 6.48. The minimum Gasteiger partial charge on any atom is -0.464 e. The molecule has 0 aliphatic carbocycles. The van der Waals surface area contributed by atoms with E-state index in [9.17, 15) is 0 Å². The number of aliphatic imine (C=N–C) groups is 2. The van der Waals surface area contributed by atoms with Gasteiger partial charge in [0.25, 0.3) is 0 Å². The number of hydrogen-bond acceptors (Lipinski definition) is 9. The predicted octanol–water partition coefficient (Wildman–Crippen LogP) is 4.01. The van der Waals surface area contributed by atoms with Gasteiger partial charge in [-0.05, 0) is 40.0 Å². The molecule has 1 heterocycles. The van der Waals surface area contributed by atoms with Crippen molar-refractivity contribution in [2.24, 2.45) is 27.5 Å². The zero-order valence-electron chi connectivity index (χ0n) is 21.2. The Kier molecular flexibility index (Phi) is 13.6. The van der Waals surface area contributed by atoms with Crippen LogP contribution < -0.4 is 11.6 Å². The fourth-order valence-electron chi connectivity index (χ4n) is 3.98. The van der Waals surface area contributed by atoms with Crippen molar-refractivity contribution in [2.45, 2.75) is 98.3 Å². The van der Waals surface area contributed by atoms with Gasteiger partial charge in [-0.3, -0.25) is 10.7 Å². The fraction of sp³-hybridized carbons (Fsp3) is 0.909. The van der Waals surface area contributed by atoms with Crippen LogP contribution in [0.2, 0.25) is 6.04 Å². The Bertz CT molecular complexity index is 576. The molecule has 32 heavy (non-hydrogen) atoms. The van der Waals surface area contributed by atoms with Gasteiger partial charge in [0.1, 0.15) is 5.84 Å². The highest BCUT2D eigenvalue weighted by atomic mass is 28.4. The Balaban J connectivity index is 2.97. The van der Waals surface area contributed by atoms with Crippen molar-refractivity contribution >= 4 is 20.7 Å². The second kappa shape index (κ2) is 15.0. The van der Waals surface area contributed by atoms with E-state index >= 15 is 0 Å². The second-order valence-corrected chi connectivity index (χ2v) is 10.8. The van der Waals surface area contributed by atoms with E-state index in [1.165, 1.54) is 11.4 Å². The Morgan fingerprint density at radius 3 is 2.09 bits per heavy atom. The normalized spacial score (nSPS) is 20.2. The topological polar surface area (TPSA) is 117 Å². The molecule has 10 heteroatoms. The molecule has 1 aliphatic heterocycles. The number of nitrogens with two attached hydrogens (primary N) is 2. The Hall–Kier alpha value is -1.04. The number of ether oxygens (including phenoxy) is 1. The highest BCUT2D eigenvalue weighted by Crippen LogP contribution is 2.29. The van der Waals surface area contributed by atoms with Crippen molar-refractivity contribution < 1.29 is 18.0 Å². The first-order valence-electron chi connectivity index (χ1n) is 12.4. The molecule has 188 valence electrons. The largest absolute Gasteiger partial charge is 0.500 e. The number of unbranched alkanes of at least 4 members (excludes halogenated alkanes) is 1. The van der Waals surface area contributed by atoms with Crippen LogP contribution in [0.3, 0.4) is 0 Å². The third-order valence-electron chi connectivity index (χ3n) is 5.59. The zero-order chi connectivity index (χ0) is 24.0. The Labute approximate surface area is 196 Å². The standard InChI is InChI=1S/C22H47N5O4Si/c1-7-13-15-19(8-2)18-22(23)26-21(28-9-3)25-20(27(22)24)16-14-17-32(29-10-4,30-11-5)31-12-6/h19H,7-18,23-24H2,1-6H3. The predicted molar refractivity (Wildman–Crippen MR) is 132 cm³/mol. The minimum atomic E-state index is -2.72. The number of hydrogen-bond donors (Lipinski definition) is 2. The summed E-state index contributed by atoms with van der Waals surface area (Å²) in [7, 11) is -2.72. The van der Waals surface area contributed by atoms with Gasteiger partial charge in [0.2, 0.25) is 5.79 Å². The molecule has 0 aromatic rings. The summed E-state index contributed by atoms with van der Waals surface area (Å²) < 4.78 is 23.6. The van der Waals surface area contributed by atoms with Gasteiger partial charge in [-0.1, -0.05) is 39.5 Å². The van der Waals surface area contributed by atoms with Gasteiger partial charge < -0.3 is 18.0 Å². The number of nitrogens with zero attached hydrogens (tertiary/aromatic N) is 3. The van der Waals surface area contributed by atoms with Crippen molar-refractivity contribution in [2.75, 3.05) is 26.4 Å². The summed E-state index contributed by atoms with van der Waals surface area (Å²) >= 11 is 0. The van der Waals surface area contributed by atoms with E-state index in [0.717, 1.165) is 25.7 Å². The lowest BCUT2D eigenvalue weighted by molar-refractivity contribution is 0.0708. The van der Waals surface area contributed by atoms with E-state index in [2.05, 4.69) is 23.8 Å². The van der Waals surface area contributed by atoms with E-state index in [0.29, 0.717) is 63.1 Å². The van der Waals surface area contributed by atoms with E-state index in [-0.39, 0.29) is 0 Å². The first-order chi connectivity index (χ1) is 15.3. The van der Waals surface area contributed by atoms with Gasteiger partial charge in [-0.2, -0.15) is 9.98 Å². The van der Waals surface area contributed by atoms with Crippen molar-refractivity contribution in [1.82, 2.24) is 5.01 Å². The van der Waals surface area contributed by atoms with E-state index in [4.69, 9.17) is 29.6 Å². The molecule has 0 fully saturated rings. The molecule has 0 saturated carbocycles. The third kappa shape index (κ3) is 8.72. The smallest absolute Gasteiger partial charge is 0.464 e. The molecule has 0 amide bonds. The van der Waals surface area contributed by atoms with Gasteiger partial charge in [-0.25, -0.2) is 5.84 Å². The van der Waals surface area contributed by atoms with Crippen LogP contribution in [0.5, 0.6) is 0 Å². The van der Waals surface area contributed by atoms with Crippen LogP contribution in [-0.4, -0.2) is 57.9 Å². The highest BCUT2D eigenvalue weighted by molar-refractivity contribution is 6.60. The maximum atomic E-state index is 6.75. The second-order valence-electron chi connectivity index (χ2n) is 8.06. The van der Waals surface area contributed by atoms with Crippen LogP contribution in [-0.2, 0) is 18.0 Å². The summed E-state index contributed by atoms with van der Waals surface area (Å²) in [4.78, 5) is 9.16. The lowest BCUT2D eigenvalue weighted by Gasteiger charge is -2.40. The van der Waals surface area contributed by atoms with Gasteiger partial charge in [0, 0.05) is 38.7 Å². The Morgan fingerprint density at radius 1 is 0.969 bits per heavy atom. The highest BCUT2D eigenvalue weighted by Gasteiger charge is 2.42. The van der Waals surface area contributed by atoms with Crippen molar-refractivity contribution in [3.8, 4) is 0 Å². The van der Waals surface area contributed by atoms with Crippen molar-refractivity contribution in [3.63, 3.8) is 0 Å². The molecule has 0 bridgehead atoms. The first kappa shape index (κ1) is 29.0. The van der Waals surface area contributed by atoms with Crippen LogP contribution >= 0.6 is 0 Å². The molecule has 0 spiro atoms. The summed E-state index contributed by atoms with van der Waals surface area (Å²) in [5.41, 5.74) is 6.75. The maximum absolute atomic E-state index is 6.75. The molecule has 0 aromatic carbocycles. The van der Waals surface area contributed by atoms with E-state index in [1.807, 2.05) is 27.7 Å². The summed E-state index contributed by atoms with van der Waals surface area (Å²) in [5, 5.41) is 1.54. The van der Waals surface area contributed by atoms with Crippen LogP contribution in [0.15, 0.2) is 9.98 Å². The van der Waals surface area contributed by atoms with Gasteiger partial charge in [-0.15, -0.1) is 0 Å². The molecule has 0 aromatic heterocycles. The zero-order valence-corrected chi connectivity index (χ0v) is 22.2. The summed E-state index contributed by atoms with van der Waals surface area (Å²) in [5.74, 6) is 6.55. The van der Waals surface area contributed by atoms with Crippen LogP contribution in [0.25, 0.3) is 0 Å². The van der Waals surface area contributed by atoms with Crippen LogP contribution in [0.1, 0.15) is 86.5 Å². The first-order valence-corrected chi connectivity index (χ1v) is 14.3.